The van der Waals surface area contributed by atoms with Gasteiger partial charge in [0.15, 0.2) is 0 Å². The van der Waals surface area contributed by atoms with Gasteiger partial charge < -0.3 is 14.4 Å². The highest BCUT2D eigenvalue weighted by molar-refractivity contribution is 7.20. The molecule has 1 aromatic carbocycles. The molecule has 0 N–H and O–H groups in total. The van der Waals surface area contributed by atoms with Gasteiger partial charge in [0.25, 0.3) is 5.56 Å². The molecule has 0 aliphatic rings. The molecule has 3 rings (SSSR count). The third-order valence-corrected chi connectivity index (χ3v) is 6.19. The smallest absolute Gasteiger partial charge is 0.348 e. The second-order valence-electron chi connectivity index (χ2n) is 7.38. The first-order valence-corrected chi connectivity index (χ1v) is 11.3. The van der Waals surface area contributed by atoms with Gasteiger partial charge in [-0.15, -0.1) is 11.3 Å². The second kappa shape index (κ2) is 10.9. The minimum atomic E-state index is -0.525. The number of nitrogens with zero attached hydrogens (tertiary/aromatic N) is 3. The Morgan fingerprint density at radius 1 is 1.19 bits per heavy atom. The molecule has 170 valence electrons. The van der Waals surface area contributed by atoms with Crippen molar-refractivity contribution in [2.75, 3.05) is 26.8 Å². The Labute approximate surface area is 190 Å². The van der Waals surface area contributed by atoms with Crippen LogP contribution in [0.3, 0.4) is 0 Å². The van der Waals surface area contributed by atoms with E-state index in [0.29, 0.717) is 33.0 Å². The summed E-state index contributed by atoms with van der Waals surface area (Å²) in [6, 6.07) is 9.25. The van der Waals surface area contributed by atoms with Crippen molar-refractivity contribution in [1.82, 2.24) is 14.5 Å². The molecule has 0 unspecified atom stereocenters. The number of ether oxygens (including phenoxy) is 2. The standard InChI is InChI=1S/C23H27N3O5S/c1-4-5-11-25(3)18(27)14-26-15-24-21-19(22(26)28)16(2)20(32-21)23(29)31-13-12-30-17-9-7-6-8-10-17/h6-10,15H,4-5,11-14H2,1-3H3. The number of rotatable bonds is 10. The number of fused-ring (bicyclic) bond motifs is 1. The Bertz CT molecular complexity index is 1140. The molecule has 0 bridgehead atoms. The van der Waals surface area contributed by atoms with Crippen LogP contribution in [-0.2, 0) is 16.1 Å². The number of unbranched alkanes of at least 4 members (excludes halogenated alkanes) is 1. The van der Waals surface area contributed by atoms with E-state index in [1.807, 2.05) is 30.3 Å². The van der Waals surface area contributed by atoms with Gasteiger partial charge in [0, 0.05) is 13.6 Å². The van der Waals surface area contributed by atoms with Crippen LogP contribution in [0, 0.1) is 6.92 Å². The molecule has 0 saturated carbocycles. The average molecular weight is 458 g/mol. The normalized spacial score (nSPS) is 10.8. The van der Waals surface area contributed by atoms with Gasteiger partial charge in [-0.05, 0) is 31.0 Å². The third-order valence-electron chi connectivity index (χ3n) is 5.01. The monoisotopic (exact) mass is 457 g/mol. The van der Waals surface area contributed by atoms with E-state index in [-0.39, 0.29) is 31.2 Å². The molecule has 9 heteroatoms. The Morgan fingerprint density at radius 3 is 2.66 bits per heavy atom. The van der Waals surface area contributed by atoms with Crippen molar-refractivity contribution in [3.05, 3.63) is 57.5 Å². The summed E-state index contributed by atoms with van der Waals surface area (Å²) in [5.74, 6) is 0.0114. The number of aromatic nitrogens is 2. The van der Waals surface area contributed by atoms with Gasteiger partial charge >= 0.3 is 5.97 Å². The Morgan fingerprint density at radius 2 is 1.94 bits per heavy atom. The topological polar surface area (TPSA) is 90.7 Å². The minimum Gasteiger partial charge on any atom is -0.490 e. The molecule has 0 aliphatic carbocycles. The predicted octanol–water partition coefficient (Wildman–Crippen LogP) is 3.26. The van der Waals surface area contributed by atoms with E-state index in [0.717, 1.165) is 24.2 Å². The summed E-state index contributed by atoms with van der Waals surface area (Å²) < 4.78 is 12.1. The van der Waals surface area contributed by atoms with Crippen molar-refractivity contribution in [2.45, 2.75) is 33.2 Å². The van der Waals surface area contributed by atoms with Gasteiger partial charge in [0.1, 0.15) is 35.2 Å². The van der Waals surface area contributed by atoms with Gasteiger partial charge in [0.05, 0.1) is 11.7 Å². The maximum absolute atomic E-state index is 13.0. The summed E-state index contributed by atoms with van der Waals surface area (Å²) in [6.07, 6.45) is 3.24. The maximum atomic E-state index is 13.0. The highest BCUT2D eigenvalue weighted by Crippen LogP contribution is 2.27. The molecule has 0 saturated heterocycles. The highest BCUT2D eigenvalue weighted by Gasteiger charge is 2.21. The van der Waals surface area contributed by atoms with E-state index in [1.54, 1.807) is 18.9 Å². The van der Waals surface area contributed by atoms with Crippen LogP contribution in [0.15, 0.2) is 41.5 Å². The summed E-state index contributed by atoms with van der Waals surface area (Å²) in [6.45, 7) is 4.60. The number of likely N-dealkylation sites (N-methyl/N-ethyl adjacent to an activating group) is 1. The van der Waals surface area contributed by atoms with Crippen LogP contribution in [0.5, 0.6) is 5.75 Å². The third kappa shape index (κ3) is 5.53. The molecule has 8 nitrogen and oxygen atoms in total. The molecular formula is C23H27N3O5S. The molecule has 3 aromatic rings. The summed E-state index contributed by atoms with van der Waals surface area (Å²) in [5.41, 5.74) is 0.171. The molecule has 2 aromatic heterocycles. The number of para-hydroxylation sites is 1. The lowest BCUT2D eigenvalue weighted by molar-refractivity contribution is -0.130. The van der Waals surface area contributed by atoms with Crippen LogP contribution in [-0.4, -0.2) is 53.1 Å². The SMILES string of the molecule is CCCCN(C)C(=O)Cn1cnc2sc(C(=O)OCCOc3ccccc3)c(C)c2c1=O. The van der Waals surface area contributed by atoms with Gasteiger partial charge in [0.2, 0.25) is 5.91 Å². The predicted molar refractivity (Wildman–Crippen MR) is 123 cm³/mol. The Hall–Kier alpha value is -3.20. The van der Waals surface area contributed by atoms with E-state index in [2.05, 4.69) is 11.9 Å². The fraction of sp³-hybridized carbons (Fsp3) is 0.391. The first-order valence-electron chi connectivity index (χ1n) is 10.5. The molecular weight excluding hydrogens is 430 g/mol. The number of hydrogen-bond donors (Lipinski definition) is 0. The van der Waals surface area contributed by atoms with E-state index in [9.17, 15) is 14.4 Å². The van der Waals surface area contributed by atoms with Crippen LogP contribution in [0.4, 0.5) is 0 Å². The van der Waals surface area contributed by atoms with Crippen LogP contribution in [0.2, 0.25) is 0 Å². The number of aryl methyl sites for hydroxylation is 1. The Kier molecular flexibility index (Phi) is 7.99. The summed E-state index contributed by atoms with van der Waals surface area (Å²) in [5, 5.41) is 0.342. The zero-order valence-electron chi connectivity index (χ0n) is 18.5. The second-order valence-corrected chi connectivity index (χ2v) is 8.38. The van der Waals surface area contributed by atoms with Gasteiger partial charge in [-0.2, -0.15) is 0 Å². The van der Waals surface area contributed by atoms with Crippen LogP contribution >= 0.6 is 11.3 Å². The van der Waals surface area contributed by atoms with E-state index in [1.165, 1.54) is 10.9 Å². The van der Waals surface area contributed by atoms with Crippen molar-refractivity contribution >= 4 is 33.4 Å². The number of amides is 1. The maximum Gasteiger partial charge on any atom is 0.348 e. The zero-order chi connectivity index (χ0) is 23.1. The summed E-state index contributed by atoms with van der Waals surface area (Å²) in [7, 11) is 1.72. The van der Waals surface area contributed by atoms with Crippen LogP contribution in [0.25, 0.3) is 10.2 Å². The lowest BCUT2D eigenvalue weighted by atomic mass is 10.2. The summed E-state index contributed by atoms with van der Waals surface area (Å²) >= 11 is 1.11. The van der Waals surface area contributed by atoms with Crippen molar-refractivity contribution in [3.63, 3.8) is 0 Å². The van der Waals surface area contributed by atoms with Crippen molar-refractivity contribution in [2.24, 2.45) is 0 Å². The van der Waals surface area contributed by atoms with Gasteiger partial charge in [-0.1, -0.05) is 31.5 Å². The lowest BCUT2D eigenvalue weighted by Gasteiger charge is -2.17. The average Bonchev–Trinajstić information content (AvgIpc) is 3.14. The molecule has 0 atom stereocenters. The number of carbonyl (C=O) groups excluding carboxylic acids is 2. The first kappa shape index (κ1) is 23.5. The number of hydrogen-bond acceptors (Lipinski definition) is 7. The zero-order valence-corrected chi connectivity index (χ0v) is 19.3. The Balaban J connectivity index is 1.68. The molecule has 0 spiro atoms. The molecule has 2 heterocycles. The van der Waals surface area contributed by atoms with Crippen molar-refractivity contribution < 1.29 is 19.1 Å². The number of carbonyl (C=O) groups is 2. The van der Waals surface area contributed by atoms with E-state index >= 15 is 0 Å². The first-order chi connectivity index (χ1) is 15.4. The summed E-state index contributed by atoms with van der Waals surface area (Å²) in [4.78, 5) is 44.6. The lowest BCUT2D eigenvalue weighted by Crippen LogP contribution is -2.34. The number of thiophene rings is 1. The largest absolute Gasteiger partial charge is 0.490 e. The van der Waals surface area contributed by atoms with E-state index < -0.39 is 5.97 Å². The van der Waals surface area contributed by atoms with E-state index in [4.69, 9.17) is 9.47 Å². The van der Waals surface area contributed by atoms with Crippen molar-refractivity contribution in [3.8, 4) is 5.75 Å². The van der Waals surface area contributed by atoms with Gasteiger partial charge in [-0.25, -0.2) is 9.78 Å². The number of benzene rings is 1. The minimum absolute atomic E-state index is 0.0810. The van der Waals surface area contributed by atoms with Crippen LogP contribution in [0.1, 0.15) is 35.0 Å². The molecule has 0 radical (unpaired) electrons. The fourth-order valence-electron chi connectivity index (χ4n) is 3.13. The van der Waals surface area contributed by atoms with Crippen LogP contribution < -0.4 is 10.3 Å². The molecule has 0 aliphatic heterocycles. The highest BCUT2D eigenvalue weighted by atomic mass is 32.1. The molecule has 32 heavy (non-hydrogen) atoms. The fourth-order valence-corrected chi connectivity index (χ4v) is 4.16. The number of esters is 1. The van der Waals surface area contributed by atoms with Crippen molar-refractivity contribution in [1.29, 1.82) is 0 Å². The van der Waals surface area contributed by atoms with Gasteiger partial charge in [-0.3, -0.25) is 14.2 Å². The molecule has 0 fully saturated rings. The molecule has 1 amide bonds. The quantitative estimate of drug-likeness (QED) is 0.343.